The number of carbonyl (C=O) groups is 2. The Kier molecular flexibility index (Phi) is 5.32. The first-order chi connectivity index (χ1) is 15.0. The standard InChI is InChI=1S/C25H32N4O2/c1-16(2)26-24(30)22-21-14-19-12-13-20(29(19)25(31)18-10-6-7-11-18)15-28(21)23(27-22)17-8-4-3-5-9-17/h3-5,8-9,16,18-20H,6-7,10-15H2,1-2H3,(H,26,30)/t19-,20+/m0/s1. The van der Waals surface area contributed by atoms with Crippen molar-refractivity contribution in [3.63, 3.8) is 0 Å². The largest absolute Gasteiger partial charge is 0.348 e. The number of aromatic nitrogens is 2. The molecule has 1 saturated carbocycles. The van der Waals surface area contributed by atoms with E-state index in [1.807, 2.05) is 44.2 Å². The second-order valence-electron chi connectivity index (χ2n) is 9.65. The minimum atomic E-state index is -0.118. The molecule has 1 N–H and O–H groups in total. The summed E-state index contributed by atoms with van der Waals surface area (Å²) in [4.78, 5) is 33.5. The molecule has 1 saturated heterocycles. The molecular formula is C25H32N4O2. The van der Waals surface area contributed by atoms with Gasteiger partial charge >= 0.3 is 0 Å². The van der Waals surface area contributed by atoms with Crippen molar-refractivity contribution in [3.05, 3.63) is 41.7 Å². The zero-order valence-electron chi connectivity index (χ0n) is 18.5. The van der Waals surface area contributed by atoms with Crippen molar-refractivity contribution in [1.29, 1.82) is 0 Å². The van der Waals surface area contributed by atoms with Crippen molar-refractivity contribution < 1.29 is 9.59 Å². The van der Waals surface area contributed by atoms with Crippen LogP contribution in [0.15, 0.2) is 30.3 Å². The third-order valence-electron chi connectivity index (χ3n) is 7.14. The van der Waals surface area contributed by atoms with Crippen LogP contribution < -0.4 is 5.32 Å². The van der Waals surface area contributed by atoms with E-state index in [0.29, 0.717) is 18.0 Å². The monoisotopic (exact) mass is 420 g/mol. The van der Waals surface area contributed by atoms with Crippen LogP contribution in [0.1, 0.15) is 68.6 Å². The lowest BCUT2D eigenvalue weighted by Crippen LogP contribution is -2.44. The van der Waals surface area contributed by atoms with Crippen LogP contribution in [0.2, 0.25) is 0 Å². The van der Waals surface area contributed by atoms with Crippen molar-refractivity contribution in [2.75, 3.05) is 0 Å². The molecule has 2 amide bonds. The van der Waals surface area contributed by atoms with Gasteiger partial charge in [0.1, 0.15) is 11.5 Å². The molecule has 6 nitrogen and oxygen atoms in total. The van der Waals surface area contributed by atoms with E-state index in [0.717, 1.165) is 49.3 Å². The number of nitrogens with zero attached hydrogens (tertiary/aromatic N) is 3. The minimum absolute atomic E-state index is 0.0488. The van der Waals surface area contributed by atoms with Crippen molar-refractivity contribution in [1.82, 2.24) is 19.8 Å². The molecule has 1 aromatic carbocycles. The van der Waals surface area contributed by atoms with Crippen molar-refractivity contribution >= 4 is 11.8 Å². The van der Waals surface area contributed by atoms with Crippen LogP contribution in [0.3, 0.4) is 0 Å². The molecule has 3 heterocycles. The summed E-state index contributed by atoms with van der Waals surface area (Å²) in [5.41, 5.74) is 2.51. The van der Waals surface area contributed by atoms with Gasteiger partial charge in [0, 0.05) is 36.5 Å². The highest BCUT2D eigenvalue weighted by molar-refractivity contribution is 5.94. The minimum Gasteiger partial charge on any atom is -0.348 e. The Balaban J connectivity index is 1.55. The van der Waals surface area contributed by atoms with Gasteiger partial charge in [-0.25, -0.2) is 4.98 Å². The first-order valence-electron chi connectivity index (χ1n) is 11.8. The average Bonchev–Trinajstić information content (AvgIpc) is 3.46. The average molecular weight is 421 g/mol. The van der Waals surface area contributed by atoms with E-state index in [-0.39, 0.29) is 30.0 Å². The molecule has 2 atom stereocenters. The number of rotatable bonds is 4. The molecule has 31 heavy (non-hydrogen) atoms. The fraction of sp³-hybridized carbons (Fsp3) is 0.560. The molecule has 1 aromatic heterocycles. The summed E-state index contributed by atoms with van der Waals surface area (Å²) >= 11 is 0. The summed E-state index contributed by atoms with van der Waals surface area (Å²) in [6, 6.07) is 10.5. The molecule has 0 unspecified atom stereocenters. The fourth-order valence-corrected chi connectivity index (χ4v) is 5.73. The zero-order chi connectivity index (χ0) is 21.5. The van der Waals surface area contributed by atoms with Gasteiger partial charge < -0.3 is 14.8 Å². The van der Waals surface area contributed by atoms with Gasteiger partial charge in [-0.05, 0) is 39.5 Å². The predicted octanol–water partition coefficient (Wildman–Crippen LogP) is 3.79. The maximum Gasteiger partial charge on any atom is 0.271 e. The molecule has 1 aliphatic carbocycles. The van der Waals surface area contributed by atoms with Gasteiger partial charge in [-0.15, -0.1) is 0 Å². The Morgan fingerprint density at radius 3 is 2.45 bits per heavy atom. The molecule has 2 bridgehead atoms. The summed E-state index contributed by atoms with van der Waals surface area (Å²) in [7, 11) is 0. The number of nitrogens with one attached hydrogen (secondary N) is 1. The molecule has 5 rings (SSSR count). The molecule has 164 valence electrons. The first-order valence-corrected chi connectivity index (χ1v) is 11.8. The fourth-order valence-electron chi connectivity index (χ4n) is 5.73. The van der Waals surface area contributed by atoms with E-state index in [9.17, 15) is 9.59 Å². The lowest BCUT2D eigenvalue weighted by molar-refractivity contribution is -0.138. The van der Waals surface area contributed by atoms with Gasteiger partial charge in [-0.1, -0.05) is 43.2 Å². The van der Waals surface area contributed by atoms with Gasteiger partial charge in [-0.2, -0.15) is 0 Å². The van der Waals surface area contributed by atoms with Crippen molar-refractivity contribution in [3.8, 4) is 11.4 Å². The van der Waals surface area contributed by atoms with E-state index >= 15 is 0 Å². The van der Waals surface area contributed by atoms with Crippen molar-refractivity contribution in [2.45, 2.75) is 83.5 Å². The molecule has 2 aliphatic heterocycles. The van der Waals surface area contributed by atoms with Crippen LogP contribution in [-0.4, -0.2) is 44.4 Å². The highest BCUT2D eigenvalue weighted by Crippen LogP contribution is 2.38. The zero-order valence-corrected chi connectivity index (χ0v) is 18.5. The number of fused-ring (bicyclic) bond motifs is 3. The molecule has 0 radical (unpaired) electrons. The van der Waals surface area contributed by atoms with E-state index in [2.05, 4.69) is 14.8 Å². The number of imidazole rings is 1. The first kappa shape index (κ1) is 20.3. The highest BCUT2D eigenvalue weighted by Gasteiger charge is 2.44. The summed E-state index contributed by atoms with van der Waals surface area (Å²) in [6.45, 7) is 4.65. The van der Waals surface area contributed by atoms with E-state index in [1.54, 1.807) is 0 Å². The Bertz CT molecular complexity index is 975. The lowest BCUT2D eigenvalue weighted by Gasteiger charge is -2.30. The van der Waals surface area contributed by atoms with E-state index in [4.69, 9.17) is 4.98 Å². The molecule has 6 heteroatoms. The maximum absolute atomic E-state index is 13.4. The van der Waals surface area contributed by atoms with Gasteiger partial charge in [0.15, 0.2) is 0 Å². The van der Waals surface area contributed by atoms with Crippen LogP contribution in [0.25, 0.3) is 11.4 Å². The number of hydrogen-bond acceptors (Lipinski definition) is 3. The third kappa shape index (κ3) is 3.66. The van der Waals surface area contributed by atoms with Gasteiger partial charge in [0.05, 0.1) is 11.7 Å². The van der Waals surface area contributed by atoms with Gasteiger partial charge in [0.25, 0.3) is 5.91 Å². The maximum atomic E-state index is 13.4. The van der Waals surface area contributed by atoms with Gasteiger partial charge in [0.2, 0.25) is 5.91 Å². The quantitative estimate of drug-likeness (QED) is 0.818. The van der Waals surface area contributed by atoms with Crippen LogP contribution in [0.5, 0.6) is 0 Å². The Hall–Kier alpha value is -2.63. The molecule has 0 spiro atoms. The van der Waals surface area contributed by atoms with Crippen LogP contribution in [0, 0.1) is 5.92 Å². The second kappa shape index (κ2) is 8.13. The third-order valence-corrected chi connectivity index (χ3v) is 7.14. The summed E-state index contributed by atoms with van der Waals surface area (Å²) in [6.07, 6.45) is 7.14. The second-order valence-corrected chi connectivity index (χ2v) is 9.65. The normalized spacial score (nSPS) is 23.1. The van der Waals surface area contributed by atoms with Gasteiger partial charge in [-0.3, -0.25) is 9.59 Å². The molecule has 3 aliphatic rings. The highest BCUT2D eigenvalue weighted by atomic mass is 16.2. The number of hydrogen-bond donors (Lipinski definition) is 1. The number of carbonyl (C=O) groups excluding carboxylic acids is 2. The Labute approximate surface area is 184 Å². The van der Waals surface area contributed by atoms with Crippen LogP contribution >= 0.6 is 0 Å². The van der Waals surface area contributed by atoms with Crippen LogP contribution in [0.4, 0.5) is 0 Å². The van der Waals surface area contributed by atoms with Crippen LogP contribution in [-0.2, 0) is 17.8 Å². The SMILES string of the molecule is CC(C)NC(=O)c1nc(-c2ccccc2)n2c1C[C@@H]1CC[C@H](C2)N1C(=O)C1CCCC1. The Morgan fingerprint density at radius 2 is 1.74 bits per heavy atom. The molecule has 2 aromatic rings. The number of amides is 2. The van der Waals surface area contributed by atoms with Crippen molar-refractivity contribution in [2.24, 2.45) is 5.92 Å². The topological polar surface area (TPSA) is 67.2 Å². The summed E-state index contributed by atoms with van der Waals surface area (Å²) < 4.78 is 2.23. The van der Waals surface area contributed by atoms with E-state index in [1.165, 1.54) is 12.8 Å². The molecule has 2 fully saturated rings. The molecular weight excluding hydrogens is 388 g/mol. The Morgan fingerprint density at radius 1 is 1.03 bits per heavy atom. The predicted molar refractivity (Wildman–Crippen MR) is 120 cm³/mol. The van der Waals surface area contributed by atoms with E-state index < -0.39 is 0 Å². The smallest absolute Gasteiger partial charge is 0.271 e. The number of benzene rings is 1. The summed E-state index contributed by atoms with van der Waals surface area (Å²) in [5, 5.41) is 3.02. The summed E-state index contributed by atoms with van der Waals surface area (Å²) in [5.74, 6) is 1.26. The lowest BCUT2D eigenvalue weighted by atomic mass is 10.0.